The Morgan fingerprint density at radius 1 is 1.18 bits per heavy atom. The number of hydrogen-bond acceptors (Lipinski definition) is 2. The number of aliphatic hydroxyl groups is 1. The van der Waals surface area contributed by atoms with Crippen LogP contribution in [0.2, 0.25) is 10.0 Å². The first-order valence-corrected chi connectivity index (χ1v) is 6.56. The van der Waals surface area contributed by atoms with Gasteiger partial charge in [0, 0.05) is 15.6 Å². The molecule has 2 nitrogen and oxygen atoms in total. The second kappa shape index (κ2) is 6.60. The van der Waals surface area contributed by atoms with Crippen LogP contribution in [0.15, 0.2) is 18.2 Å². The van der Waals surface area contributed by atoms with E-state index in [1.807, 2.05) is 0 Å². The van der Waals surface area contributed by atoms with Crippen molar-refractivity contribution in [3.63, 3.8) is 0 Å². The molecule has 0 amide bonds. The van der Waals surface area contributed by atoms with Gasteiger partial charge in [0.2, 0.25) is 0 Å². The largest absolute Gasteiger partial charge is 0.391 e. The molecule has 0 spiro atoms. The third-order valence-corrected chi connectivity index (χ3v) is 3.45. The van der Waals surface area contributed by atoms with Gasteiger partial charge >= 0.3 is 0 Å². The fraction of sp³-hybridized carbons (Fsp3) is 0.538. The van der Waals surface area contributed by atoms with E-state index in [4.69, 9.17) is 28.9 Å². The van der Waals surface area contributed by atoms with E-state index in [0.29, 0.717) is 27.9 Å². The Labute approximate surface area is 113 Å². The fourth-order valence-corrected chi connectivity index (χ4v) is 2.35. The van der Waals surface area contributed by atoms with Crippen molar-refractivity contribution >= 4 is 23.2 Å². The molecule has 0 heterocycles. The molecular weight excluding hydrogens is 257 g/mol. The minimum Gasteiger partial charge on any atom is -0.391 e. The quantitative estimate of drug-likeness (QED) is 0.859. The van der Waals surface area contributed by atoms with Gasteiger partial charge in [-0.3, -0.25) is 0 Å². The summed E-state index contributed by atoms with van der Waals surface area (Å²) >= 11 is 12.1. The number of hydrogen-bond donors (Lipinski definition) is 2. The molecule has 0 saturated carbocycles. The van der Waals surface area contributed by atoms with Gasteiger partial charge in [-0.15, -0.1) is 0 Å². The van der Waals surface area contributed by atoms with Crippen LogP contribution in [0.25, 0.3) is 0 Å². The van der Waals surface area contributed by atoms with Crippen LogP contribution in [0, 0.1) is 5.92 Å². The smallest absolute Gasteiger partial charge is 0.0734 e. The summed E-state index contributed by atoms with van der Waals surface area (Å²) in [5.74, 6) is 0.540. The van der Waals surface area contributed by atoms with Gasteiger partial charge in [0.05, 0.1) is 12.1 Å². The van der Waals surface area contributed by atoms with E-state index in [0.717, 1.165) is 6.42 Å². The predicted octanol–water partition coefficient (Wildman–Crippen LogP) is 3.79. The topological polar surface area (TPSA) is 46.2 Å². The summed E-state index contributed by atoms with van der Waals surface area (Å²) in [6.45, 7) is 4.22. The number of halogens is 2. The number of rotatable bonds is 5. The molecule has 17 heavy (non-hydrogen) atoms. The molecule has 1 aromatic carbocycles. The van der Waals surface area contributed by atoms with Crippen LogP contribution < -0.4 is 5.73 Å². The van der Waals surface area contributed by atoms with Gasteiger partial charge in [-0.1, -0.05) is 43.1 Å². The van der Waals surface area contributed by atoms with Gasteiger partial charge in [-0.2, -0.15) is 0 Å². The summed E-state index contributed by atoms with van der Waals surface area (Å²) in [5, 5.41) is 11.0. The first kappa shape index (κ1) is 14.8. The zero-order valence-electron chi connectivity index (χ0n) is 10.2. The zero-order chi connectivity index (χ0) is 13.0. The highest BCUT2D eigenvalue weighted by atomic mass is 35.5. The molecule has 3 N–H and O–H groups in total. The molecule has 0 aromatic heterocycles. The maximum atomic E-state index is 10.0. The van der Waals surface area contributed by atoms with E-state index >= 15 is 0 Å². The molecule has 0 radical (unpaired) electrons. The van der Waals surface area contributed by atoms with Crippen molar-refractivity contribution in [1.29, 1.82) is 0 Å². The Bertz CT molecular complexity index is 348. The lowest BCUT2D eigenvalue weighted by Gasteiger charge is -2.22. The van der Waals surface area contributed by atoms with Crippen LogP contribution >= 0.6 is 23.2 Å². The van der Waals surface area contributed by atoms with E-state index in [2.05, 4.69) is 13.8 Å². The van der Waals surface area contributed by atoms with E-state index in [1.54, 1.807) is 18.2 Å². The third kappa shape index (κ3) is 4.14. The van der Waals surface area contributed by atoms with Crippen molar-refractivity contribution in [1.82, 2.24) is 0 Å². The molecule has 0 aliphatic heterocycles. The van der Waals surface area contributed by atoms with Crippen molar-refractivity contribution < 1.29 is 5.11 Å². The highest BCUT2D eigenvalue weighted by Crippen LogP contribution is 2.31. The first-order chi connectivity index (χ1) is 7.93. The number of aliphatic hydroxyl groups excluding tert-OH is 1. The van der Waals surface area contributed by atoms with Gasteiger partial charge in [0.15, 0.2) is 0 Å². The van der Waals surface area contributed by atoms with Crippen LogP contribution in [0.5, 0.6) is 0 Å². The molecule has 0 fully saturated rings. The third-order valence-electron chi connectivity index (χ3n) is 2.79. The molecule has 0 saturated heterocycles. The summed E-state index contributed by atoms with van der Waals surface area (Å²) in [6.07, 6.45) is 0.965. The Morgan fingerprint density at radius 3 is 2.18 bits per heavy atom. The summed E-state index contributed by atoms with van der Waals surface area (Å²) in [7, 11) is 0. The summed E-state index contributed by atoms with van der Waals surface area (Å²) < 4.78 is 0. The molecular formula is C13H19Cl2NO. The molecule has 2 atom stereocenters. The van der Waals surface area contributed by atoms with Gasteiger partial charge in [0.1, 0.15) is 0 Å². The zero-order valence-corrected chi connectivity index (χ0v) is 11.7. The van der Waals surface area contributed by atoms with E-state index < -0.39 is 12.1 Å². The highest BCUT2D eigenvalue weighted by molar-refractivity contribution is 6.36. The van der Waals surface area contributed by atoms with Crippen LogP contribution in [0.4, 0.5) is 0 Å². The van der Waals surface area contributed by atoms with Crippen molar-refractivity contribution in [2.45, 2.75) is 38.8 Å². The Hall–Kier alpha value is -0.280. The van der Waals surface area contributed by atoms with Crippen molar-refractivity contribution in [2.24, 2.45) is 11.7 Å². The van der Waals surface area contributed by atoms with Crippen LogP contribution in [0.3, 0.4) is 0 Å². The van der Waals surface area contributed by atoms with Crippen LogP contribution in [-0.2, 0) is 0 Å². The average molecular weight is 276 g/mol. The highest BCUT2D eigenvalue weighted by Gasteiger charge is 2.21. The van der Waals surface area contributed by atoms with Gasteiger partial charge in [-0.25, -0.2) is 0 Å². The number of nitrogens with two attached hydrogens (primary N) is 1. The van der Waals surface area contributed by atoms with E-state index in [-0.39, 0.29) is 0 Å². The lowest BCUT2D eigenvalue weighted by Crippen LogP contribution is -2.27. The second-order valence-electron chi connectivity index (χ2n) is 4.70. The van der Waals surface area contributed by atoms with Crippen LogP contribution in [-0.4, -0.2) is 11.2 Å². The number of benzene rings is 1. The molecule has 0 bridgehead atoms. The van der Waals surface area contributed by atoms with E-state index in [1.165, 1.54) is 0 Å². The van der Waals surface area contributed by atoms with Crippen molar-refractivity contribution in [3.05, 3.63) is 33.8 Å². The summed E-state index contributed by atoms with van der Waals surface area (Å²) in [5.41, 5.74) is 6.64. The Kier molecular flexibility index (Phi) is 5.74. The maximum absolute atomic E-state index is 10.0. The normalized spacial score (nSPS) is 15.0. The lowest BCUT2D eigenvalue weighted by molar-refractivity contribution is 0.128. The molecule has 1 aromatic rings. The van der Waals surface area contributed by atoms with Crippen LogP contribution in [0.1, 0.15) is 38.3 Å². The monoisotopic (exact) mass is 275 g/mol. The average Bonchev–Trinajstić information content (AvgIpc) is 2.25. The minimum atomic E-state index is -0.616. The fourth-order valence-electron chi connectivity index (χ4n) is 1.71. The molecule has 0 aliphatic carbocycles. The molecule has 0 aliphatic rings. The predicted molar refractivity (Wildman–Crippen MR) is 73.5 cm³/mol. The minimum absolute atomic E-state index is 0.508. The van der Waals surface area contributed by atoms with Crippen molar-refractivity contribution in [3.8, 4) is 0 Å². The molecule has 4 heteroatoms. The molecule has 96 valence electrons. The second-order valence-corrected chi connectivity index (χ2v) is 5.51. The molecule has 0 unspecified atom stereocenters. The van der Waals surface area contributed by atoms with Crippen molar-refractivity contribution in [2.75, 3.05) is 0 Å². The molecule has 1 rings (SSSR count). The summed E-state index contributed by atoms with van der Waals surface area (Å²) in [4.78, 5) is 0. The standard InChI is InChI=1S/C13H19Cl2NO/c1-8(2)6-7-11(17)13(16)12-9(14)4-3-5-10(12)15/h3-5,8,11,13,17H,6-7,16H2,1-2H3/t11-,13-/m1/s1. The Balaban J connectivity index is 2.78. The first-order valence-electron chi connectivity index (χ1n) is 5.81. The van der Waals surface area contributed by atoms with Gasteiger partial charge in [-0.05, 0) is 30.9 Å². The lowest BCUT2D eigenvalue weighted by atomic mass is 9.96. The van der Waals surface area contributed by atoms with Gasteiger partial charge in [0.25, 0.3) is 0 Å². The maximum Gasteiger partial charge on any atom is 0.0734 e. The SMILES string of the molecule is CC(C)CC[C@@H](O)[C@@H](N)c1c(Cl)cccc1Cl. The summed E-state index contributed by atoms with van der Waals surface area (Å²) in [6, 6.07) is 4.70. The Morgan fingerprint density at radius 2 is 1.71 bits per heavy atom. The van der Waals surface area contributed by atoms with Gasteiger partial charge < -0.3 is 10.8 Å². The van der Waals surface area contributed by atoms with E-state index in [9.17, 15) is 5.11 Å².